The third-order valence-corrected chi connectivity index (χ3v) is 1.34. The van der Waals surface area contributed by atoms with E-state index in [1.807, 2.05) is 18.3 Å². The quantitative estimate of drug-likeness (QED) is 0.453. The molecule has 0 unspecified atom stereocenters. The highest BCUT2D eigenvalue weighted by Gasteiger charge is 1.91. The number of tetrazole rings is 1. The maximum Gasteiger partial charge on any atom is 0.283 e. The van der Waals surface area contributed by atoms with Gasteiger partial charge in [0.1, 0.15) is 0 Å². The van der Waals surface area contributed by atoms with Gasteiger partial charge in [-0.3, -0.25) is 0 Å². The normalized spacial score (nSPS) is 10.8. The van der Waals surface area contributed by atoms with Crippen molar-refractivity contribution in [3.8, 4) is 0 Å². The highest BCUT2D eigenvalue weighted by molar-refractivity contribution is 5.77. The van der Waals surface area contributed by atoms with Crippen LogP contribution in [0.25, 0.3) is 0 Å². The van der Waals surface area contributed by atoms with Crippen LogP contribution in [0.4, 0.5) is 5.95 Å². The van der Waals surface area contributed by atoms with Crippen LogP contribution in [-0.2, 0) is 0 Å². The average molecular weight is 177 g/mol. The zero-order valence-electron chi connectivity index (χ0n) is 6.60. The van der Waals surface area contributed by atoms with E-state index in [1.54, 1.807) is 6.21 Å². The Hall–Kier alpha value is -2.18. The maximum absolute atomic E-state index is 3.87. The standard InChI is InChI=1S/C6H7N7/c1-2-5(7-3-1)4-8-9-6-10-12-13-11-6/h1-4,7H,(H2,9,10,11,12,13)/b8-4-. The van der Waals surface area contributed by atoms with Crippen molar-refractivity contribution in [2.45, 2.75) is 0 Å². The molecule has 0 saturated carbocycles. The summed E-state index contributed by atoms with van der Waals surface area (Å²) in [5.74, 6) is 0.336. The lowest BCUT2D eigenvalue weighted by Crippen LogP contribution is -1.92. The van der Waals surface area contributed by atoms with Crippen LogP contribution in [0.1, 0.15) is 5.69 Å². The Morgan fingerprint density at radius 3 is 3.23 bits per heavy atom. The van der Waals surface area contributed by atoms with Crippen molar-refractivity contribution in [2.24, 2.45) is 5.10 Å². The first-order valence-corrected chi connectivity index (χ1v) is 3.61. The molecule has 3 N–H and O–H groups in total. The summed E-state index contributed by atoms with van der Waals surface area (Å²) in [4.78, 5) is 2.96. The summed E-state index contributed by atoms with van der Waals surface area (Å²) in [6.45, 7) is 0. The van der Waals surface area contributed by atoms with Crippen LogP contribution >= 0.6 is 0 Å². The smallest absolute Gasteiger partial charge is 0.283 e. The molecule has 66 valence electrons. The van der Waals surface area contributed by atoms with E-state index >= 15 is 0 Å². The fourth-order valence-corrected chi connectivity index (χ4v) is 0.793. The Balaban J connectivity index is 1.93. The fourth-order valence-electron chi connectivity index (χ4n) is 0.793. The van der Waals surface area contributed by atoms with Gasteiger partial charge in [0.2, 0.25) is 0 Å². The number of aromatic amines is 2. The van der Waals surface area contributed by atoms with E-state index in [9.17, 15) is 0 Å². The predicted octanol–water partition coefficient (Wildman–Crippen LogP) is -0.0262. The van der Waals surface area contributed by atoms with Crippen molar-refractivity contribution in [1.29, 1.82) is 0 Å². The second-order valence-electron chi connectivity index (χ2n) is 2.23. The summed E-state index contributed by atoms with van der Waals surface area (Å²) >= 11 is 0. The molecular formula is C6H7N7. The summed E-state index contributed by atoms with van der Waals surface area (Å²) in [6.07, 6.45) is 3.44. The average Bonchev–Trinajstić information content (AvgIpc) is 2.75. The van der Waals surface area contributed by atoms with E-state index in [-0.39, 0.29) is 0 Å². The zero-order chi connectivity index (χ0) is 8.93. The molecule has 7 nitrogen and oxygen atoms in total. The van der Waals surface area contributed by atoms with Crippen molar-refractivity contribution in [1.82, 2.24) is 25.6 Å². The van der Waals surface area contributed by atoms with Crippen molar-refractivity contribution < 1.29 is 0 Å². The molecule has 7 heteroatoms. The van der Waals surface area contributed by atoms with Crippen molar-refractivity contribution in [3.05, 3.63) is 24.0 Å². The summed E-state index contributed by atoms with van der Waals surface area (Å²) in [5, 5.41) is 16.8. The number of hydrogen-bond donors (Lipinski definition) is 3. The third kappa shape index (κ3) is 1.89. The molecule has 0 bridgehead atoms. The first-order valence-electron chi connectivity index (χ1n) is 3.61. The van der Waals surface area contributed by atoms with Crippen LogP contribution in [0.15, 0.2) is 23.4 Å². The number of hydrogen-bond acceptors (Lipinski definition) is 5. The van der Waals surface area contributed by atoms with E-state index in [1.165, 1.54) is 0 Å². The minimum Gasteiger partial charge on any atom is -0.360 e. The van der Waals surface area contributed by atoms with Crippen LogP contribution in [0, 0.1) is 0 Å². The van der Waals surface area contributed by atoms with Gasteiger partial charge in [0.15, 0.2) is 0 Å². The van der Waals surface area contributed by atoms with Crippen LogP contribution in [0.3, 0.4) is 0 Å². The van der Waals surface area contributed by atoms with Gasteiger partial charge in [0, 0.05) is 6.20 Å². The van der Waals surface area contributed by atoms with E-state index in [4.69, 9.17) is 0 Å². The summed E-state index contributed by atoms with van der Waals surface area (Å²) < 4.78 is 0. The number of hydrazone groups is 1. The Kier molecular flexibility index (Phi) is 2.00. The van der Waals surface area contributed by atoms with Gasteiger partial charge in [-0.05, 0) is 17.3 Å². The molecule has 13 heavy (non-hydrogen) atoms. The fraction of sp³-hybridized carbons (Fsp3) is 0. The molecule has 2 heterocycles. The molecule has 0 atom stereocenters. The number of rotatable bonds is 3. The second kappa shape index (κ2) is 3.48. The topological polar surface area (TPSA) is 94.6 Å². The minimum absolute atomic E-state index is 0.336. The number of nitrogens with zero attached hydrogens (tertiary/aromatic N) is 4. The molecule has 2 aromatic heterocycles. The molecule has 0 aliphatic carbocycles. The summed E-state index contributed by atoms with van der Waals surface area (Å²) in [5.41, 5.74) is 3.50. The van der Waals surface area contributed by atoms with E-state index in [0.29, 0.717) is 5.95 Å². The lowest BCUT2D eigenvalue weighted by Gasteiger charge is -1.88. The SMILES string of the molecule is C(=N/Nc1nn[nH]n1)/c1ccc[nH]1. The number of anilines is 1. The Labute approximate surface area is 73.3 Å². The Morgan fingerprint density at radius 1 is 1.54 bits per heavy atom. The lowest BCUT2D eigenvalue weighted by molar-refractivity contribution is 0.881. The summed E-state index contributed by atoms with van der Waals surface area (Å²) in [7, 11) is 0. The Bertz CT molecular complexity index is 360. The highest BCUT2D eigenvalue weighted by Crippen LogP contribution is 1.91. The van der Waals surface area contributed by atoms with Gasteiger partial charge < -0.3 is 4.98 Å². The number of aromatic nitrogens is 5. The number of H-pyrrole nitrogens is 2. The monoisotopic (exact) mass is 177 g/mol. The van der Waals surface area contributed by atoms with E-state index < -0.39 is 0 Å². The third-order valence-electron chi connectivity index (χ3n) is 1.34. The molecule has 0 saturated heterocycles. The largest absolute Gasteiger partial charge is 0.360 e. The molecule has 2 rings (SSSR count). The van der Waals surface area contributed by atoms with Crippen LogP contribution in [0.2, 0.25) is 0 Å². The van der Waals surface area contributed by atoms with Gasteiger partial charge >= 0.3 is 0 Å². The Morgan fingerprint density at radius 2 is 2.54 bits per heavy atom. The van der Waals surface area contributed by atoms with Gasteiger partial charge in [0.25, 0.3) is 5.95 Å². The minimum atomic E-state index is 0.336. The molecule has 0 aromatic carbocycles. The van der Waals surface area contributed by atoms with Crippen LogP contribution < -0.4 is 5.43 Å². The molecular weight excluding hydrogens is 170 g/mol. The van der Waals surface area contributed by atoms with Crippen LogP contribution in [-0.4, -0.2) is 31.8 Å². The van der Waals surface area contributed by atoms with E-state index in [0.717, 1.165) is 5.69 Å². The van der Waals surface area contributed by atoms with Gasteiger partial charge in [-0.2, -0.15) is 10.3 Å². The second-order valence-corrected chi connectivity index (χ2v) is 2.23. The zero-order valence-corrected chi connectivity index (χ0v) is 6.60. The maximum atomic E-state index is 3.87. The van der Waals surface area contributed by atoms with Gasteiger partial charge in [-0.1, -0.05) is 5.10 Å². The van der Waals surface area contributed by atoms with Crippen molar-refractivity contribution in [2.75, 3.05) is 5.43 Å². The molecule has 0 amide bonds. The van der Waals surface area contributed by atoms with Gasteiger partial charge in [-0.25, -0.2) is 5.43 Å². The molecule has 0 aliphatic heterocycles. The molecule has 0 radical (unpaired) electrons. The lowest BCUT2D eigenvalue weighted by atomic mass is 10.5. The summed E-state index contributed by atoms with van der Waals surface area (Å²) in [6, 6.07) is 3.77. The molecule has 0 fully saturated rings. The molecule has 2 aromatic rings. The van der Waals surface area contributed by atoms with Crippen molar-refractivity contribution in [3.63, 3.8) is 0 Å². The van der Waals surface area contributed by atoms with E-state index in [2.05, 4.69) is 36.1 Å². The van der Waals surface area contributed by atoms with Crippen LogP contribution in [0.5, 0.6) is 0 Å². The van der Waals surface area contributed by atoms with Crippen molar-refractivity contribution >= 4 is 12.2 Å². The van der Waals surface area contributed by atoms with Gasteiger partial charge in [-0.15, -0.1) is 5.10 Å². The first kappa shape index (κ1) is 7.47. The highest BCUT2D eigenvalue weighted by atomic mass is 15.5. The number of nitrogens with one attached hydrogen (secondary N) is 3. The molecule has 0 spiro atoms. The predicted molar refractivity (Wildman–Crippen MR) is 46.2 cm³/mol. The van der Waals surface area contributed by atoms with Gasteiger partial charge in [0.05, 0.1) is 11.9 Å². The molecule has 0 aliphatic rings. The first-order chi connectivity index (χ1) is 6.45.